The summed E-state index contributed by atoms with van der Waals surface area (Å²) in [4.78, 5) is 0.195. The first-order chi connectivity index (χ1) is 11.3. The third kappa shape index (κ3) is 5.38. The lowest BCUT2D eigenvalue weighted by Gasteiger charge is -2.11. The zero-order chi connectivity index (χ0) is 17.7. The molecule has 0 heterocycles. The van der Waals surface area contributed by atoms with E-state index < -0.39 is 10.0 Å². The lowest BCUT2D eigenvalue weighted by atomic mass is 10.1. The van der Waals surface area contributed by atoms with Gasteiger partial charge in [0.05, 0.1) is 11.0 Å². The second-order valence-electron chi connectivity index (χ2n) is 5.52. The van der Waals surface area contributed by atoms with Crippen LogP contribution < -0.4 is 9.46 Å². The SMILES string of the molecule is CC(C)Oc1ccc(S(=O)(=O)NCCc2ccc(Cl)cc2Cl)cc1. The fraction of sp³-hybridized carbons (Fsp3) is 0.294. The smallest absolute Gasteiger partial charge is 0.240 e. The molecule has 0 aliphatic rings. The summed E-state index contributed by atoms with van der Waals surface area (Å²) >= 11 is 11.9. The van der Waals surface area contributed by atoms with E-state index in [1.165, 1.54) is 12.1 Å². The summed E-state index contributed by atoms with van der Waals surface area (Å²) in [5, 5.41) is 1.07. The molecule has 0 spiro atoms. The predicted molar refractivity (Wildman–Crippen MR) is 97.6 cm³/mol. The van der Waals surface area contributed by atoms with Crippen LogP contribution in [0.4, 0.5) is 0 Å². The number of halogens is 2. The van der Waals surface area contributed by atoms with Gasteiger partial charge in [0.1, 0.15) is 5.75 Å². The number of hydrogen-bond donors (Lipinski definition) is 1. The number of hydrogen-bond acceptors (Lipinski definition) is 3. The highest BCUT2D eigenvalue weighted by Crippen LogP contribution is 2.21. The Morgan fingerprint density at radius 1 is 1.08 bits per heavy atom. The molecule has 0 atom stereocenters. The minimum Gasteiger partial charge on any atom is -0.491 e. The van der Waals surface area contributed by atoms with Crippen LogP contribution >= 0.6 is 23.2 Å². The molecule has 24 heavy (non-hydrogen) atoms. The molecule has 0 saturated carbocycles. The largest absolute Gasteiger partial charge is 0.491 e. The summed E-state index contributed by atoms with van der Waals surface area (Å²) in [6.07, 6.45) is 0.513. The van der Waals surface area contributed by atoms with Gasteiger partial charge >= 0.3 is 0 Å². The van der Waals surface area contributed by atoms with E-state index in [0.29, 0.717) is 22.2 Å². The predicted octanol–water partition coefficient (Wildman–Crippen LogP) is 4.30. The van der Waals surface area contributed by atoms with Crippen LogP contribution in [0.2, 0.25) is 10.0 Å². The van der Waals surface area contributed by atoms with Crippen molar-refractivity contribution in [3.8, 4) is 5.75 Å². The standard InChI is InChI=1S/C17H19Cl2NO3S/c1-12(2)23-15-5-7-16(8-6-15)24(21,22)20-10-9-13-3-4-14(18)11-17(13)19/h3-8,11-12,20H,9-10H2,1-2H3. The Balaban J connectivity index is 1.98. The molecule has 0 bridgehead atoms. The first-order valence-electron chi connectivity index (χ1n) is 7.48. The van der Waals surface area contributed by atoms with Crippen molar-refractivity contribution in [1.82, 2.24) is 4.72 Å². The Labute approximate surface area is 152 Å². The number of ether oxygens (including phenoxy) is 1. The van der Waals surface area contributed by atoms with Crippen LogP contribution in [0.15, 0.2) is 47.4 Å². The highest BCUT2D eigenvalue weighted by Gasteiger charge is 2.14. The molecular formula is C17H19Cl2NO3S. The monoisotopic (exact) mass is 387 g/mol. The molecule has 1 N–H and O–H groups in total. The summed E-state index contributed by atoms with van der Waals surface area (Å²) in [7, 11) is -3.57. The Morgan fingerprint density at radius 2 is 1.75 bits per heavy atom. The van der Waals surface area contributed by atoms with Gasteiger partial charge in [0, 0.05) is 16.6 Å². The van der Waals surface area contributed by atoms with E-state index in [2.05, 4.69) is 4.72 Å². The van der Waals surface area contributed by atoms with Gasteiger partial charge < -0.3 is 4.74 Å². The van der Waals surface area contributed by atoms with Gasteiger partial charge in [-0.1, -0.05) is 29.3 Å². The Hall–Kier alpha value is -1.27. The summed E-state index contributed by atoms with van der Waals surface area (Å²) < 4.78 is 32.6. The summed E-state index contributed by atoms with van der Waals surface area (Å²) in [6, 6.07) is 11.5. The molecule has 130 valence electrons. The third-order valence-electron chi connectivity index (χ3n) is 3.21. The van der Waals surface area contributed by atoms with E-state index in [1.807, 2.05) is 13.8 Å². The van der Waals surface area contributed by atoms with Crippen molar-refractivity contribution in [2.45, 2.75) is 31.3 Å². The molecule has 4 nitrogen and oxygen atoms in total. The van der Waals surface area contributed by atoms with Crippen LogP contribution in [0.1, 0.15) is 19.4 Å². The molecule has 0 aliphatic carbocycles. The maximum Gasteiger partial charge on any atom is 0.240 e. The molecule has 0 unspecified atom stereocenters. The van der Waals surface area contributed by atoms with Crippen LogP contribution in [0.5, 0.6) is 5.75 Å². The first kappa shape index (κ1) is 19.1. The molecule has 7 heteroatoms. The maximum absolute atomic E-state index is 12.3. The van der Waals surface area contributed by atoms with Gasteiger partial charge in [0.15, 0.2) is 0 Å². The number of sulfonamides is 1. The van der Waals surface area contributed by atoms with Crippen LogP contribution in [0.3, 0.4) is 0 Å². The Morgan fingerprint density at radius 3 is 2.33 bits per heavy atom. The molecule has 0 radical (unpaired) electrons. The zero-order valence-electron chi connectivity index (χ0n) is 13.4. The van der Waals surface area contributed by atoms with E-state index in [-0.39, 0.29) is 17.5 Å². The molecular weight excluding hydrogens is 369 g/mol. The molecule has 0 aromatic heterocycles. The van der Waals surface area contributed by atoms with E-state index in [9.17, 15) is 8.42 Å². The van der Waals surface area contributed by atoms with E-state index >= 15 is 0 Å². The van der Waals surface area contributed by atoms with Gasteiger partial charge in [-0.2, -0.15) is 0 Å². The topological polar surface area (TPSA) is 55.4 Å². The van der Waals surface area contributed by atoms with Gasteiger partial charge in [-0.25, -0.2) is 13.1 Å². The van der Waals surface area contributed by atoms with E-state index in [1.54, 1.807) is 30.3 Å². The highest BCUT2D eigenvalue weighted by atomic mass is 35.5. The summed E-state index contributed by atoms with van der Waals surface area (Å²) in [5.41, 5.74) is 0.837. The fourth-order valence-electron chi connectivity index (χ4n) is 2.10. The summed E-state index contributed by atoms with van der Waals surface area (Å²) in [5.74, 6) is 0.636. The average Bonchev–Trinajstić information content (AvgIpc) is 2.49. The average molecular weight is 388 g/mol. The molecule has 0 fully saturated rings. The van der Waals surface area contributed by atoms with Crippen molar-refractivity contribution in [3.05, 3.63) is 58.1 Å². The number of rotatable bonds is 7. The third-order valence-corrected chi connectivity index (χ3v) is 5.27. The van der Waals surface area contributed by atoms with Crippen LogP contribution in [-0.4, -0.2) is 21.1 Å². The fourth-order valence-corrected chi connectivity index (χ4v) is 3.63. The van der Waals surface area contributed by atoms with Crippen molar-refractivity contribution in [3.63, 3.8) is 0 Å². The van der Waals surface area contributed by atoms with Crippen molar-refractivity contribution < 1.29 is 13.2 Å². The first-order valence-corrected chi connectivity index (χ1v) is 9.72. The van der Waals surface area contributed by atoms with Crippen LogP contribution in [-0.2, 0) is 16.4 Å². The molecule has 2 aromatic rings. The normalized spacial score (nSPS) is 11.7. The van der Waals surface area contributed by atoms with Gasteiger partial charge in [0.2, 0.25) is 10.0 Å². The van der Waals surface area contributed by atoms with Gasteiger partial charge in [-0.05, 0) is 62.2 Å². The van der Waals surface area contributed by atoms with E-state index in [4.69, 9.17) is 27.9 Å². The summed E-state index contributed by atoms with van der Waals surface area (Å²) in [6.45, 7) is 4.07. The minimum atomic E-state index is -3.57. The molecule has 0 amide bonds. The van der Waals surface area contributed by atoms with Gasteiger partial charge in [-0.15, -0.1) is 0 Å². The van der Waals surface area contributed by atoms with Crippen molar-refractivity contribution in [1.29, 1.82) is 0 Å². The molecule has 2 aromatic carbocycles. The second kappa shape index (κ2) is 8.21. The van der Waals surface area contributed by atoms with Crippen molar-refractivity contribution in [2.75, 3.05) is 6.54 Å². The number of nitrogens with one attached hydrogen (secondary N) is 1. The highest BCUT2D eigenvalue weighted by molar-refractivity contribution is 7.89. The van der Waals surface area contributed by atoms with E-state index in [0.717, 1.165) is 5.56 Å². The van der Waals surface area contributed by atoms with Crippen LogP contribution in [0.25, 0.3) is 0 Å². The Kier molecular flexibility index (Phi) is 6.52. The van der Waals surface area contributed by atoms with Crippen molar-refractivity contribution >= 4 is 33.2 Å². The van der Waals surface area contributed by atoms with Crippen LogP contribution in [0, 0.1) is 0 Å². The lowest BCUT2D eigenvalue weighted by molar-refractivity contribution is 0.242. The van der Waals surface area contributed by atoms with Gasteiger partial charge in [-0.3, -0.25) is 0 Å². The van der Waals surface area contributed by atoms with Gasteiger partial charge in [0.25, 0.3) is 0 Å². The molecule has 0 aliphatic heterocycles. The zero-order valence-corrected chi connectivity index (χ0v) is 15.8. The quantitative estimate of drug-likeness (QED) is 0.770. The maximum atomic E-state index is 12.3. The second-order valence-corrected chi connectivity index (χ2v) is 8.13. The van der Waals surface area contributed by atoms with Crippen molar-refractivity contribution in [2.24, 2.45) is 0 Å². The Bertz CT molecular complexity index is 790. The molecule has 2 rings (SSSR count). The lowest BCUT2D eigenvalue weighted by Crippen LogP contribution is -2.26. The molecule has 0 saturated heterocycles. The number of benzene rings is 2. The minimum absolute atomic E-state index is 0.0368.